The Labute approximate surface area is 173 Å². The number of nitrogens with zero attached hydrogens (tertiary/aromatic N) is 4. The van der Waals surface area contributed by atoms with Crippen molar-refractivity contribution in [3.63, 3.8) is 0 Å². The maximum atomic E-state index is 14.3. The quantitative estimate of drug-likeness (QED) is 0.720. The van der Waals surface area contributed by atoms with Gasteiger partial charge in [-0.05, 0) is 37.5 Å². The van der Waals surface area contributed by atoms with E-state index in [2.05, 4.69) is 20.5 Å². The molecule has 2 aromatic rings. The number of carbonyl (C=O) groups excluding carboxylic acids is 1. The van der Waals surface area contributed by atoms with E-state index in [1.54, 1.807) is 0 Å². The molecular formula is C18H23FN6O4S. The molecule has 2 saturated heterocycles. The van der Waals surface area contributed by atoms with E-state index in [-0.39, 0.29) is 29.5 Å². The van der Waals surface area contributed by atoms with Gasteiger partial charge >= 0.3 is 0 Å². The van der Waals surface area contributed by atoms with Crippen molar-refractivity contribution in [3.8, 4) is 0 Å². The number of hydrogen-bond acceptors (Lipinski definition) is 7. The van der Waals surface area contributed by atoms with Gasteiger partial charge in [-0.25, -0.2) is 17.9 Å². The van der Waals surface area contributed by atoms with E-state index in [4.69, 9.17) is 4.74 Å². The van der Waals surface area contributed by atoms with E-state index in [0.717, 1.165) is 50.6 Å². The van der Waals surface area contributed by atoms with E-state index < -0.39 is 21.7 Å². The number of amides is 1. The summed E-state index contributed by atoms with van der Waals surface area (Å²) in [5, 5.41) is 9.17. The Morgan fingerprint density at radius 3 is 2.60 bits per heavy atom. The fourth-order valence-corrected chi connectivity index (χ4v) is 4.93. The molecule has 0 spiro atoms. The average molecular weight is 438 g/mol. The molecular weight excluding hydrogens is 415 g/mol. The first-order chi connectivity index (χ1) is 14.4. The predicted octanol–water partition coefficient (Wildman–Crippen LogP) is 1.21. The second-order valence-electron chi connectivity index (χ2n) is 7.14. The van der Waals surface area contributed by atoms with Crippen LogP contribution in [0.4, 0.5) is 16.3 Å². The number of halogens is 1. The van der Waals surface area contributed by atoms with Crippen LogP contribution in [0.2, 0.25) is 0 Å². The zero-order valence-electron chi connectivity index (χ0n) is 16.3. The number of carbonyl (C=O) groups is 1. The topological polar surface area (TPSA) is 121 Å². The number of aromatic amines is 1. The van der Waals surface area contributed by atoms with E-state index >= 15 is 0 Å². The third kappa shape index (κ3) is 4.30. The molecule has 2 aliphatic rings. The summed E-state index contributed by atoms with van der Waals surface area (Å²) >= 11 is 0. The first kappa shape index (κ1) is 20.7. The highest BCUT2D eigenvalue weighted by Gasteiger charge is 2.28. The highest BCUT2D eigenvalue weighted by molar-refractivity contribution is 7.89. The van der Waals surface area contributed by atoms with Gasteiger partial charge in [-0.2, -0.15) is 9.29 Å². The van der Waals surface area contributed by atoms with Crippen molar-refractivity contribution in [2.45, 2.75) is 24.2 Å². The van der Waals surface area contributed by atoms with E-state index in [1.807, 2.05) is 4.90 Å². The standard InChI is InChI=1S/C18H23FN6O4S/c19-15-5-4-13(30(27,28)25-8-10-29-11-9-25)12-14(15)16(26)20-17-21-18(23-22-17)24-6-2-1-3-7-24/h4-5,12H,1-3,6-11H2,(H2,20,21,22,23,26). The fourth-order valence-electron chi connectivity index (χ4n) is 3.49. The molecule has 1 aromatic carbocycles. The Balaban J connectivity index is 1.51. The van der Waals surface area contributed by atoms with Gasteiger partial charge < -0.3 is 9.64 Å². The second-order valence-corrected chi connectivity index (χ2v) is 9.08. The summed E-state index contributed by atoms with van der Waals surface area (Å²) in [6.07, 6.45) is 3.26. The van der Waals surface area contributed by atoms with E-state index in [0.29, 0.717) is 19.2 Å². The molecule has 1 amide bonds. The van der Waals surface area contributed by atoms with Gasteiger partial charge in [0.1, 0.15) is 5.82 Å². The van der Waals surface area contributed by atoms with Crippen LogP contribution in [-0.2, 0) is 14.8 Å². The normalized spacial score (nSPS) is 18.4. The van der Waals surface area contributed by atoms with Crippen molar-refractivity contribution in [1.82, 2.24) is 19.5 Å². The smallest absolute Gasteiger partial charge is 0.261 e. The number of hydrogen-bond donors (Lipinski definition) is 2. The zero-order chi connectivity index (χ0) is 21.1. The second kappa shape index (κ2) is 8.66. The molecule has 2 fully saturated rings. The van der Waals surface area contributed by atoms with Gasteiger partial charge in [-0.3, -0.25) is 10.1 Å². The van der Waals surface area contributed by atoms with Crippen LogP contribution in [0, 0.1) is 5.82 Å². The zero-order valence-corrected chi connectivity index (χ0v) is 17.1. The minimum atomic E-state index is -3.85. The summed E-state index contributed by atoms with van der Waals surface area (Å²) in [5.41, 5.74) is -0.389. The number of morpholine rings is 1. The monoisotopic (exact) mass is 438 g/mol. The highest BCUT2D eigenvalue weighted by atomic mass is 32.2. The Morgan fingerprint density at radius 2 is 1.87 bits per heavy atom. The number of ether oxygens (including phenoxy) is 1. The summed E-state index contributed by atoms with van der Waals surface area (Å²) in [6.45, 7) is 2.66. The Bertz CT molecular complexity index is 1020. The molecule has 1 aromatic heterocycles. The largest absolute Gasteiger partial charge is 0.379 e. The molecule has 162 valence electrons. The van der Waals surface area contributed by atoms with Crippen LogP contribution in [0.25, 0.3) is 0 Å². The number of aromatic nitrogens is 3. The molecule has 0 aliphatic carbocycles. The molecule has 10 nitrogen and oxygen atoms in total. The molecule has 3 heterocycles. The molecule has 0 radical (unpaired) electrons. The average Bonchev–Trinajstić information content (AvgIpc) is 3.23. The first-order valence-electron chi connectivity index (χ1n) is 9.81. The van der Waals surface area contributed by atoms with Crippen LogP contribution in [0.1, 0.15) is 29.6 Å². The van der Waals surface area contributed by atoms with Crippen molar-refractivity contribution in [3.05, 3.63) is 29.6 Å². The molecule has 12 heteroatoms. The van der Waals surface area contributed by atoms with Crippen molar-refractivity contribution in [1.29, 1.82) is 0 Å². The molecule has 2 N–H and O–H groups in total. The molecule has 30 heavy (non-hydrogen) atoms. The van der Waals surface area contributed by atoms with Gasteiger partial charge in [0.25, 0.3) is 5.91 Å². The fraction of sp³-hybridized carbons (Fsp3) is 0.500. The minimum Gasteiger partial charge on any atom is -0.379 e. The molecule has 0 saturated carbocycles. The molecule has 0 unspecified atom stereocenters. The number of sulfonamides is 1. The Kier molecular flexibility index (Phi) is 5.97. The van der Waals surface area contributed by atoms with Crippen LogP contribution in [0.5, 0.6) is 0 Å². The lowest BCUT2D eigenvalue weighted by molar-refractivity contribution is 0.0730. The Morgan fingerprint density at radius 1 is 1.13 bits per heavy atom. The number of anilines is 2. The Hall–Kier alpha value is -2.57. The van der Waals surface area contributed by atoms with Crippen LogP contribution in [0.3, 0.4) is 0 Å². The van der Waals surface area contributed by atoms with Gasteiger partial charge in [0.15, 0.2) is 0 Å². The number of H-pyrrole nitrogens is 1. The number of rotatable bonds is 5. The lowest BCUT2D eigenvalue weighted by Gasteiger charge is -2.26. The third-order valence-electron chi connectivity index (χ3n) is 5.13. The van der Waals surface area contributed by atoms with E-state index in [1.165, 1.54) is 4.31 Å². The van der Waals surface area contributed by atoms with Crippen LogP contribution in [0.15, 0.2) is 23.1 Å². The van der Waals surface area contributed by atoms with Gasteiger partial charge in [-0.15, -0.1) is 5.10 Å². The van der Waals surface area contributed by atoms with Crippen molar-refractivity contribution < 1.29 is 22.3 Å². The molecule has 0 bridgehead atoms. The number of nitrogens with one attached hydrogen (secondary N) is 2. The molecule has 2 aliphatic heterocycles. The van der Waals surface area contributed by atoms with Crippen LogP contribution >= 0.6 is 0 Å². The van der Waals surface area contributed by atoms with Crippen molar-refractivity contribution in [2.75, 3.05) is 49.6 Å². The summed E-state index contributed by atoms with van der Waals surface area (Å²) in [6, 6.07) is 3.17. The summed E-state index contributed by atoms with van der Waals surface area (Å²) in [7, 11) is -3.85. The number of benzene rings is 1. The summed E-state index contributed by atoms with van der Waals surface area (Å²) in [5.74, 6) is -1.10. The summed E-state index contributed by atoms with van der Waals surface area (Å²) in [4.78, 5) is 18.7. The molecule has 4 rings (SSSR count). The van der Waals surface area contributed by atoms with Gasteiger partial charge in [0.05, 0.1) is 23.7 Å². The van der Waals surface area contributed by atoms with Crippen LogP contribution < -0.4 is 10.2 Å². The van der Waals surface area contributed by atoms with Gasteiger partial charge in [0.2, 0.25) is 21.9 Å². The first-order valence-corrected chi connectivity index (χ1v) is 11.3. The predicted molar refractivity (Wildman–Crippen MR) is 106 cm³/mol. The third-order valence-corrected chi connectivity index (χ3v) is 7.03. The molecule has 0 atom stereocenters. The maximum absolute atomic E-state index is 14.3. The van der Waals surface area contributed by atoms with E-state index in [9.17, 15) is 17.6 Å². The van der Waals surface area contributed by atoms with Crippen LogP contribution in [-0.4, -0.2) is 73.2 Å². The number of piperidine rings is 1. The highest BCUT2D eigenvalue weighted by Crippen LogP contribution is 2.21. The van der Waals surface area contributed by atoms with Gasteiger partial charge in [-0.1, -0.05) is 0 Å². The van der Waals surface area contributed by atoms with Crippen molar-refractivity contribution >= 4 is 27.8 Å². The maximum Gasteiger partial charge on any atom is 0.261 e. The van der Waals surface area contributed by atoms with Crippen molar-refractivity contribution in [2.24, 2.45) is 0 Å². The minimum absolute atomic E-state index is 0.0708. The summed E-state index contributed by atoms with van der Waals surface area (Å²) < 4.78 is 46.3. The lowest BCUT2D eigenvalue weighted by Crippen LogP contribution is -2.40. The lowest BCUT2D eigenvalue weighted by atomic mass is 10.1. The van der Waals surface area contributed by atoms with Gasteiger partial charge in [0, 0.05) is 26.2 Å². The SMILES string of the molecule is O=C(Nc1nc(N2CCCCC2)n[nH]1)c1cc(S(=O)(=O)N2CCOCC2)ccc1F.